The summed E-state index contributed by atoms with van der Waals surface area (Å²) >= 11 is 14.1. The zero-order chi connectivity index (χ0) is 11.5. The van der Waals surface area contributed by atoms with Gasteiger partial charge in [-0.15, -0.1) is 0 Å². The molecule has 2 rings (SSSR count). The number of benzene rings is 1. The van der Waals surface area contributed by atoms with Crippen LogP contribution in [0.15, 0.2) is 18.2 Å². The Morgan fingerprint density at radius 3 is 2.75 bits per heavy atom. The molecule has 0 atom stereocenters. The molecule has 0 aromatic heterocycles. The van der Waals surface area contributed by atoms with Crippen molar-refractivity contribution < 1.29 is 0 Å². The Morgan fingerprint density at radius 1 is 1.31 bits per heavy atom. The lowest BCUT2D eigenvalue weighted by molar-refractivity contribution is 0.485. The maximum absolute atomic E-state index is 6.20. The average Bonchev–Trinajstić information content (AvgIpc) is 2.33. The summed E-state index contributed by atoms with van der Waals surface area (Å²) in [5.74, 6) is 0.938. The van der Waals surface area contributed by atoms with E-state index in [0.29, 0.717) is 10.0 Å². The molecule has 0 aliphatic carbocycles. The minimum absolute atomic E-state index is 0.627. The van der Waals surface area contributed by atoms with E-state index in [1.54, 1.807) is 0 Å². The van der Waals surface area contributed by atoms with Crippen molar-refractivity contribution in [2.24, 2.45) is 0 Å². The fraction of sp³-hybridized carbons (Fsp3) is 0.455. The highest BCUT2D eigenvalue weighted by Gasteiger charge is 2.19. The third-order valence-corrected chi connectivity index (χ3v) is 4.68. The van der Waals surface area contributed by atoms with E-state index in [1.165, 1.54) is 0 Å². The molecule has 1 aliphatic heterocycles. The Bertz CT molecular complexity index is 365. The summed E-state index contributed by atoms with van der Waals surface area (Å²) in [6.45, 7) is 5.32. The molecule has 1 aliphatic rings. The van der Waals surface area contributed by atoms with Gasteiger partial charge in [0.1, 0.15) is 0 Å². The Hall–Kier alpha value is -0.0900. The summed E-state index contributed by atoms with van der Waals surface area (Å²) in [5.41, 5.74) is 1.04. The zero-order valence-electron chi connectivity index (χ0n) is 9.12. The number of anilines is 1. The fourth-order valence-electron chi connectivity index (χ4n) is 1.69. The number of halogens is 2. The van der Waals surface area contributed by atoms with Crippen LogP contribution in [0.2, 0.25) is 10.0 Å². The molecule has 1 fully saturated rings. The minimum atomic E-state index is 0.627. The van der Waals surface area contributed by atoms with Gasteiger partial charge in [-0.1, -0.05) is 48.1 Å². The molecule has 5 heteroatoms. The van der Waals surface area contributed by atoms with E-state index < -0.39 is 0 Å². The molecule has 0 unspecified atom stereocenters. The highest BCUT2D eigenvalue weighted by Crippen LogP contribution is 2.34. The molecule has 0 spiro atoms. The topological polar surface area (TPSA) is 6.48 Å². The van der Waals surface area contributed by atoms with Crippen LogP contribution in [0.5, 0.6) is 0 Å². The maximum atomic E-state index is 6.20. The SMILES string of the molecule is CCN1CCN(c2cccc(Cl)c2Cl)CS1. The number of hydrogen-bond acceptors (Lipinski definition) is 3. The molecule has 88 valence electrons. The number of likely N-dealkylation sites (N-methyl/N-ethyl adjacent to an activating group) is 1. The Labute approximate surface area is 111 Å². The monoisotopic (exact) mass is 276 g/mol. The molecule has 0 radical (unpaired) electrons. The molecule has 0 saturated carbocycles. The Balaban J connectivity index is 2.11. The summed E-state index contributed by atoms with van der Waals surface area (Å²) in [6, 6.07) is 5.79. The van der Waals surface area contributed by atoms with E-state index in [4.69, 9.17) is 23.2 Å². The van der Waals surface area contributed by atoms with E-state index in [2.05, 4.69) is 16.1 Å². The van der Waals surface area contributed by atoms with Crippen LogP contribution in [0, 0.1) is 0 Å². The van der Waals surface area contributed by atoms with Crippen LogP contribution < -0.4 is 4.90 Å². The standard InChI is InChI=1S/C11H14Cl2N2S/c1-2-15-7-6-14(8-16-15)10-5-3-4-9(12)11(10)13/h3-5H,2,6-8H2,1H3. The Kier molecular flexibility index (Phi) is 4.25. The smallest absolute Gasteiger partial charge is 0.0825 e. The third-order valence-electron chi connectivity index (χ3n) is 2.64. The first-order valence-electron chi connectivity index (χ1n) is 5.29. The van der Waals surface area contributed by atoms with Gasteiger partial charge in [-0.3, -0.25) is 0 Å². The van der Waals surface area contributed by atoms with Gasteiger partial charge in [-0.2, -0.15) is 0 Å². The van der Waals surface area contributed by atoms with Crippen LogP contribution in [0.4, 0.5) is 5.69 Å². The molecule has 1 saturated heterocycles. The van der Waals surface area contributed by atoms with Gasteiger partial charge in [0.05, 0.1) is 21.6 Å². The van der Waals surface area contributed by atoms with Gasteiger partial charge in [0.2, 0.25) is 0 Å². The normalized spacial score (nSPS) is 17.8. The van der Waals surface area contributed by atoms with Crippen molar-refractivity contribution in [3.05, 3.63) is 28.2 Å². The lowest BCUT2D eigenvalue weighted by Crippen LogP contribution is -2.38. The summed E-state index contributed by atoms with van der Waals surface area (Å²) in [4.78, 5) is 2.27. The van der Waals surface area contributed by atoms with Gasteiger partial charge in [0.15, 0.2) is 0 Å². The highest BCUT2D eigenvalue weighted by atomic mass is 35.5. The number of nitrogens with zero attached hydrogens (tertiary/aromatic N) is 2. The molecule has 1 aromatic carbocycles. The Morgan fingerprint density at radius 2 is 2.12 bits per heavy atom. The van der Waals surface area contributed by atoms with Crippen LogP contribution in [0.3, 0.4) is 0 Å². The van der Waals surface area contributed by atoms with Crippen LogP contribution in [0.1, 0.15) is 6.92 Å². The molecule has 0 bridgehead atoms. The second-order valence-corrected chi connectivity index (χ2v) is 5.43. The van der Waals surface area contributed by atoms with Crippen LogP contribution >= 0.6 is 35.1 Å². The highest BCUT2D eigenvalue weighted by molar-refractivity contribution is 7.97. The van der Waals surface area contributed by atoms with Crippen molar-refractivity contribution in [3.63, 3.8) is 0 Å². The van der Waals surface area contributed by atoms with Crippen molar-refractivity contribution in [1.82, 2.24) is 4.31 Å². The fourth-order valence-corrected chi connectivity index (χ4v) is 3.07. The first kappa shape index (κ1) is 12.4. The lowest BCUT2D eigenvalue weighted by Gasteiger charge is -2.35. The van der Waals surface area contributed by atoms with Crippen LogP contribution in [0.25, 0.3) is 0 Å². The van der Waals surface area contributed by atoms with Crippen molar-refractivity contribution in [2.45, 2.75) is 6.92 Å². The van der Waals surface area contributed by atoms with Crippen molar-refractivity contribution in [3.8, 4) is 0 Å². The minimum Gasteiger partial charge on any atom is -0.358 e. The molecule has 16 heavy (non-hydrogen) atoms. The van der Waals surface area contributed by atoms with Gasteiger partial charge >= 0.3 is 0 Å². The molecule has 2 nitrogen and oxygen atoms in total. The van der Waals surface area contributed by atoms with Crippen LogP contribution in [-0.4, -0.2) is 29.8 Å². The summed E-state index contributed by atoms with van der Waals surface area (Å²) in [7, 11) is 0. The largest absolute Gasteiger partial charge is 0.358 e. The molecule has 0 amide bonds. The van der Waals surface area contributed by atoms with Crippen molar-refractivity contribution in [2.75, 3.05) is 30.4 Å². The first-order valence-corrected chi connectivity index (χ1v) is 6.99. The van der Waals surface area contributed by atoms with Gasteiger partial charge in [-0.25, -0.2) is 4.31 Å². The van der Waals surface area contributed by atoms with Gasteiger partial charge in [0.25, 0.3) is 0 Å². The maximum Gasteiger partial charge on any atom is 0.0825 e. The molecule has 0 N–H and O–H groups in total. The number of hydrogen-bond donors (Lipinski definition) is 0. The zero-order valence-corrected chi connectivity index (χ0v) is 11.4. The van der Waals surface area contributed by atoms with E-state index in [1.807, 2.05) is 30.1 Å². The quantitative estimate of drug-likeness (QED) is 0.760. The first-order chi connectivity index (χ1) is 7.72. The van der Waals surface area contributed by atoms with Gasteiger partial charge < -0.3 is 4.90 Å². The third kappa shape index (κ3) is 2.59. The average molecular weight is 277 g/mol. The van der Waals surface area contributed by atoms with Gasteiger partial charge in [-0.05, 0) is 12.1 Å². The summed E-state index contributed by atoms with van der Waals surface area (Å²) in [6.07, 6.45) is 0. The lowest BCUT2D eigenvalue weighted by atomic mass is 10.3. The van der Waals surface area contributed by atoms with Crippen molar-refractivity contribution in [1.29, 1.82) is 0 Å². The summed E-state index contributed by atoms with van der Waals surface area (Å²) < 4.78 is 2.36. The molecular formula is C11H14Cl2N2S. The van der Waals surface area contributed by atoms with Gasteiger partial charge in [0, 0.05) is 19.6 Å². The molecular weight excluding hydrogens is 263 g/mol. The number of rotatable bonds is 2. The van der Waals surface area contributed by atoms with Crippen LogP contribution in [-0.2, 0) is 0 Å². The predicted molar refractivity (Wildman–Crippen MR) is 73.5 cm³/mol. The van der Waals surface area contributed by atoms with E-state index in [9.17, 15) is 0 Å². The second-order valence-electron chi connectivity index (χ2n) is 3.62. The predicted octanol–water partition coefficient (Wildman–Crippen LogP) is 3.74. The van der Waals surface area contributed by atoms with E-state index in [0.717, 1.165) is 31.2 Å². The molecule has 1 aromatic rings. The van der Waals surface area contributed by atoms with E-state index in [-0.39, 0.29) is 0 Å². The van der Waals surface area contributed by atoms with E-state index >= 15 is 0 Å². The molecule has 1 heterocycles. The van der Waals surface area contributed by atoms with Crippen molar-refractivity contribution >= 4 is 40.8 Å². The summed E-state index contributed by atoms with van der Waals surface area (Å²) in [5, 5.41) is 1.29. The second kappa shape index (κ2) is 5.50.